The Kier molecular flexibility index (Phi) is 7.76. The van der Waals surface area contributed by atoms with Crippen LogP contribution < -0.4 is 33.7 Å². The molecule has 0 fully saturated rings. The summed E-state index contributed by atoms with van der Waals surface area (Å²) in [6.45, 7) is 0.354. The maximum Gasteiger partial charge on any atom is 0.328 e. The molecule has 12 nitrogen and oxygen atoms in total. The molecule has 0 radical (unpaired) electrons. The monoisotopic (exact) mass is 492 g/mol. The minimum absolute atomic E-state index is 0.0510. The average Bonchev–Trinajstić information content (AvgIpc) is 2.92. The van der Waals surface area contributed by atoms with E-state index in [2.05, 4.69) is 30.2 Å². The molecule has 186 valence electrons. The highest BCUT2D eigenvalue weighted by Crippen LogP contribution is 2.30. The highest BCUT2D eigenvalue weighted by Gasteiger charge is 2.14. The van der Waals surface area contributed by atoms with Crippen LogP contribution in [0.15, 0.2) is 54.7 Å². The van der Waals surface area contributed by atoms with Crippen LogP contribution in [0.25, 0.3) is 0 Å². The zero-order valence-electron chi connectivity index (χ0n) is 20.1. The van der Waals surface area contributed by atoms with Gasteiger partial charge in [0, 0.05) is 18.3 Å². The van der Waals surface area contributed by atoms with E-state index < -0.39 is 0 Å². The summed E-state index contributed by atoms with van der Waals surface area (Å²) in [4.78, 5) is 21.2. The molecule has 4 rings (SSSR count). The molecular formula is C24H24N6O6. The number of aromatic nitrogens is 5. The summed E-state index contributed by atoms with van der Waals surface area (Å²) in [5.74, 6) is 2.66. The fraction of sp³-hybridized carbons (Fsp3) is 0.208. The van der Waals surface area contributed by atoms with Gasteiger partial charge >= 0.3 is 12.0 Å². The van der Waals surface area contributed by atoms with E-state index >= 15 is 0 Å². The van der Waals surface area contributed by atoms with Crippen molar-refractivity contribution in [2.75, 3.05) is 33.8 Å². The Balaban J connectivity index is 1.53. The molecule has 36 heavy (non-hydrogen) atoms. The number of benzene rings is 1. The van der Waals surface area contributed by atoms with Gasteiger partial charge < -0.3 is 33.7 Å². The molecule has 3 heterocycles. The first-order valence-corrected chi connectivity index (χ1v) is 10.7. The first-order chi connectivity index (χ1) is 17.6. The Labute approximate surface area is 207 Å². The molecule has 0 amide bonds. The number of nitrogens with one attached hydrogen (secondary N) is 1. The van der Waals surface area contributed by atoms with Crippen molar-refractivity contribution in [2.45, 2.75) is 6.54 Å². The summed E-state index contributed by atoms with van der Waals surface area (Å²) in [5.41, 5.74) is 0.818. The quantitative estimate of drug-likeness (QED) is 0.326. The molecule has 12 heteroatoms. The van der Waals surface area contributed by atoms with E-state index in [1.807, 2.05) is 18.2 Å². The van der Waals surface area contributed by atoms with Crippen molar-refractivity contribution in [1.29, 1.82) is 0 Å². The van der Waals surface area contributed by atoms with Crippen molar-refractivity contribution in [3.8, 4) is 47.0 Å². The third kappa shape index (κ3) is 5.97. The second-order valence-electron chi connectivity index (χ2n) is 6.99. The Morgan fingerprint density at radius 1 is 0.639 bits per heavy atom. The van der Waals surface area contributed by atoms with E-state index in [4.69, 9.17) is 28.4 Å². The van der Waals surface area contributed by atoms with E-state index in [-0.39, 0.29) is 12.0 Å². The Hall–Kier alpha value is -4.87. The molecule has 0 bridgehead atoms. The Morgan fingerprint density at radius 2 is 1.14 bits per heavy atom. The number of rotatable bonds is 11. The lowest BCUT2D eigenvalue weighted by molar-refractivity contribution is 0.346. The van der Waals surface area contributed by atoms with Gasteiger partial charge in [-0.2, -0.15) is 19.9 Å². The lowest BCUT2D eigenvalue weighted by Crippen LogP contribution is -2.06. The first-order valence-electron chi connectivity index (χ1n) is 10.7. The molecular weight excluding hydrogens is 468 g/mol. The van der Waals surface area contributed by atoms with Gasteiger partial charge in [0.25, 0.3) is 0 Å². The number of ether oxygens (including phenoxy) is 6. The second kappa shape index (κ2) is 11.5. The van der Waals surface area contributed by atoms with Crippen LogP contribution in [-0.2, 0) is 6.54 Å². The van der Waals surface area contributed by atoms with Gasteiger partial charge in [-0.1, -0.05) is 18.2 Å². The van der Waals surface area contributed by atoms with Crippen LogP contribution in [0.3, 0.4) is 0 Å². The summed E-state index contributed by atoms with van der Waals surface area (Å²) >= 11 is 0. The number of anilines is 1. The number of methoxy groups -OCH3 is 4. The zero-order valence-corrected chi connectivity index (χ0v) is 20.1. The predicted molar refractivity (Wildman–Crippen MR) is 128 cm³/mol. The minimum atomic E-state index is 0.0510. The van der Waals surface area contributed by atoms with Crippen LogP contribution >= 0.6 is 0 Å². The predicted octanol–water partition coefficient (Wildman–Crippen LogP) is 3.89. The van der Waals surface area contributed by atoms with Crippen molar-refractivity contribution in [1.82, 2.24) is 24.9 Å². The summed E-state index contributed by atoms with van der Waals surface area (Å²) in [6, 6.07) is 14.2. The maximum absolute atomic E-state index is 5.94. The van der Waals surface area contributed by atoms with Crippen LogP contribution in [0.4, 0.5) is 5.82 Å². The molecule has 0 saturated carbocycles. The molecule has 1 aromatic carbocycles. The van der Waals surface area contributed by atoms with Crippen LogP contribution in [0, 0.1) is 0 Å². The van der Waals surface area contributed by atoms with Gasteiger partial charge in [0.2, 0.25) is 23.5 Å². The third-order valence-electron chi connectivity index (χ3n) is 4.75. The SMILES string of the molecule is COc1cc(OC)nc(Oc2ccccc2CNc2ncccc2Oc2nc(OC)cc(OC)n2)n1. The average molecular weight is 492 g/mol. The van der Waals surface area contributed by atoms with Gasteiger partial charge in [0.05, 0.1) is 40.6 Å². The summed E-state index contributed by atoms with van der Waals surface area (Å²) in [6.07, 6.45) is 1.64. The Morgan fingerprint density at radius 3 is 1.69 bits per heavy atom. The molecule has 0 unspecified atom stereocenters. The molecule has 1 N–H and O–H groups in total. The normalized spacial score (nSPS) is 10.3. The molecule has 3 aromatic heterocycles. The van der Waals surface area contributed by atoms with E-state index in [1.54, 1.807) is 36.5 Å². The van der Waals surface area contributed by atoms with Crippen LogP contribution in [-0.4, -0.2) is 53.4 Å². The highest BCUT2D eigenvalue weighted by atomic mass is 16.5. The maximum atomic E-state index is 5.94. The van der Waals surface area contributed by atoms with Crippen LogP contribution in [0.5, 0.6) is 47.0 Å². The van der Waals surface area contributed by atoms with E-state index in [0.29, 0.717) is 47.4 Å². The summed E-state index contributed by atoms with van der Waals surface area (Å²) in [5, 5.41) is 3.25. The van der Waals surface area contributed by atoms with Crippen molar-refractivity contribution in [3.63, 3.8) is 0 Å². The highest BCUT2D eigenvalue weighted by molar-refractivity contribution is 5.52. The summed E-state index contributed by atoms with van der Waals surface area (Å²) in [7, 11) is 5.99. The second-order valence-corrected chi connectivity index (χ2v) is 6.99. The van der Waals surface area contributed by atoms with Gasteiger partial charge in [-0.25, -0.2) is 4.98 Å². The molecule has 0 atom stereocenters. The first kappa shape index (κ1) is 24.3. The largest absolute Gasteiger partial charge is 0.481 e. The van der Waals surface area contributed by atoms with E-state index in [1.165, 1.54) is 28.4 Å². The van der Waals surface area contributed by atoms with Crippen LogP contribution in [0.2, 0.25) is 0 Å². The van der Waals surface area contributed by atoms with Crippen molar-refractivity contribution >= 4 is 5.82 Å². The Bertz CT molecular complexity index is 1180. The lowest BCUT2D eigenvalue weighted by Gasteiger charge is -2.14. The molecule has 0 aliphatic heterocycles. The smallest absolute Gasteiger partial charge is 0.328 e. The van der Waals surface area contributed by atoms with Gasteiger partial charge in [-0.3, -0.25) is 0 Å². The van der Waals surface area contributed by atoms with Crippen molar-refractivity contribution < 1.29 is 28.4 Å². The molecule has 0 saturated heterocycles. The number of nitrogens with zero attached hydrogens (tertiary/aromatic N) is 5. The van der Waals surface area contributed by atoms with Gasteiger partial charge in [0.15, 0.2) is 11.6 Å². The van der Waals surface area contributed by atoms with Crippen molar-refractivity contribution in [3.05, 3.63) is 60.3 Å². The number of para-hydroxylation sites is 1. The molecule has 0 spiro atoms. The molecule has 4 aromatic rings. The lowest BCUT2D eigenvalue weighted by atomic mass is 10.2. The molecule has 0 aliphatic carbocycles. The van der Waals surface area contributed by atoms with E-state index in [0.717, 1.165) is 5.56 Å². The minimum Gasteiger partial charge on any atom is -0.481 e. The third-order valence-corrected chi connectivity index (χ3v) is 4.75. The number of hydrogen-bond acceptors (Lipinski definition) is 12. The van der Waals surface area contributed by atoms with Gasteiger partial charge in [-0.05, 0) is 18.2 Å². The van der Waals surface area contributed by atoms with Gasteiger partial charge in [-0.15, -0.1) is 0 Å². The van der Waals surface area contributed by atoms with Gasteiger partial charge in [0.1, 0.15) is 5.75 Å². The van der Waals surface area contributed by atoms with Crippen molar-refractivity contribution in [2.24, 2.45) is 0 Å². The fourth-order valence-electron chi connectivity index (χ4n) is 3.01. The zero-order chi connectivity index (χ0) is 25.3. The summed E-state index contributed by atoms with van der Waals surface area (Å²) < 4.78 is 32.6. The topological polar surface area (TPSA) is 132 Å². The standard InChI is InChI=1S/C24H24N6O6/c1-31-18-12-19(32-2)28-23(27-18)35-16-9-6-5-8-15(16)14-26-22-17(10-7-11-25-22)36-24-29-20(33-3)13-21(30-24)34-4/h5-13H,14H2,1-4H3,(H,25,26). The van der Waals surface area contributed by atoms with Crippen LogP contribution in [0.1, 0.15) is 5.56 Å². The molecule has 0 aliphatic rings. The van der Waals surface area contributed by atoms with E-state index in [9.17, 15) is 0 Å². The fourth-order valence-corrected chi connectivity index (χ4v) is 3.01. The number of hydrogen-bond donors (Lipinski definition) is 1. The number of pyridine rings is 1.